The average Bonchev–Trinajstić information content (AvgIpc) is 2.69. The third kappa shape index (κ3) is 4.43. The standard InChI is InChI=1S/C23H21ClN2O3S/c1-23(2,3)18-12-17(16-7-5-4-6-8-16)13-21(22(18)27)30(28,29)26-20-10-9-15(14-25)11-19(20)24/h4-13,26-27H,1-3H3. The molecule has 0 fully saturated rings. The van der Waals surface area contributed by atoms with Crippen LogP contribution in [0.3, 0.4) is 0 Å². The van der Waals surface area contributed by atoms with E-state index in [0.29, 0.717) is 16.7 Å². The van der Waals surface area contributed by atoms with Crippen molar-refractivity contribution in [3.63, 3.8) is 0 Å². The summed E-state index contributed by atoms with van der Waals surface area (Å²) in [6.45, 7) is 5.70. The highest BCUT2D eigenvalue weighted by Crippen LogP contribution is 2.40. The number of hydrogen-bond donors (Lipinski definition) is 2. The van der Waals surface area contributed by atoms with Gasteiger partial charge in [0.15, 0.2) is 0 Å². The second-order valence-electron chi connectivity index (χ2n) is 7.90. The summed E-state index contributed by atoms with van der Waals surface area (Å²) in [6, 6.07) is 18.8. The lowest BCUT2D eigenvalue weighted by Gasteiger charge is -2.23. The minimum atomic E-state index is -4.17. The fourth-order valence-electron chi connectivity index (χ4n) is 3.05. The summed E-state index contributed by atoms with van der Waals surface area (Å²) in [4.78, 5) is -0.241. The SMILES string of the molecule is CC(C)(C)c1cc(-c2ccccc2)cc(S(=O)(=O)Nc2ccc(C#N)cc2Cl)c1O. The van der Waals surface area contributed by atoms with E-state index in [2.05, 4.69) is 4.72 Å². The molecule has 7 heteroatoms. The van der Waals surface area contributed by atoms with E-state index < -0.39 is 15.4 Å². The predicted molar refractivity (Wildman–Crippen MR) is 119 cm³/mol. The van der Waals surface area contributed by atoms with Crippen molar-refractivity contribution in [1.29, 1.82) is 5.26 Å². The number of halogens is 1. The number of nitriles is 1. The third-order valence-electron chi connectivity index (χ3n) is 4.62. The molecule has 0 spiro atoms. The number of hydrogen-bond acceptors (Lipinski definition) is 4. The number of phenols is 1. The summed E-state index contributed by atoms with van der Waals surface area (Å²) in [7, 11) is -4.17. The molecule has 0 amide bonds. The van der Waals surface area contributed by atoms with E-state index in [1.807, 2.05) is 57.2 Å². The molecule has 5 nitrogen and oxygen atoms in total. The molecule has 0 saturated heterocycles. The molecule has 0 heterocycles. The molecule has 0 aliphatic carbocycles. The van der Waals surface area contributed by atoms with E-state index in [0.717, 1.165) is 5.56 Å². The van der Waals surface area contributed by atoms with Crippen LogP contribution >= 0.6 is 11.6 Å². The number of phenolic OH excluding ortho intramolecular Hbond substituents is 1. The Morgan fingerprint density at radius 2 is 1.67 bits per heavy atom. The topological polar surface area (TPSA) is 90.2 Å². The summed E-state index contributed by atoms with van der Waals surface area (Å²) in [5.74, 6) is -0.306. The molecular weight excluding hydrogens is 420 g/mol. The van der Waals surface area contributed by atoms with Gasteiger partial charge in [0.1, 0.15) is 10.6 Å². The van der Waals surface area contributed by atoms with Gasteiger partial charge in [0.05, 0.1) is 22.3 Å². The number of anilines is 1. The van der Waals surface area contributed by atoms with Crippen LogP contribution in [0.25, 0.3) is 11.1 Å². The normalized spacial score (nSPS) is 11.7. The monoisotopic (exact) mass is 440 g/mol. The Kier molecular flexibility index (Phi) is 5.80. The Labute approximate surface area is 181 Å². The molecular formula is C23H21ClN2O3S. The first kappa shape index (κ1) is 21.7. The van der Waals surface area contributed by atoms with Crippen LogP contribution in [0.1, 0.15) is 31.9 Å². The van der Waals surface area contributed by atoms with Gasteiger partial charge in [0.25, 0.3) is 10.0 Å². The highest BCUT2D eigenvalue weighted by atomic mass is 35.5. The van der Waals surface area contributed by atoms with Gasteiger partial charge in [0, 0.05) is 5.56 Å². The maximum atomic E-state index is 13.2. The molecule has 2 N–H and O–H groups in total. The van der Waals surface area contributed by atoms with Crippen molar-refractivity contribution in [3.05, 3.63) is 76.8 Å². The van der Waals surface area contributed by atoms with Gasteiger partial charge in [-0.2, -0.15) is 5.26 Å². The highest BCUT2D eigenvalue weighted by molar-refractivity contribution is 7.92. The van der Waals surface area contributed by atoms with Gasteiger partial charge in [-0.05, 0) is 46.9 Å². The van der Waals surface area contributed by atoms with Crippen LogP contribution in [0, 0.1) is 11.3 Å². The molecule has 30 heavy (non-hydrogen) atoms. The zero-order valence-electron chi connectivity index (χ0n) is 16.8. The lowest BCUT2D eigenvalue weighted by molar-refractivity contribution is 0.432. The molecule has 3 aromatic carbocycles. The smallest absolute Gasteiger partial charge is 0.265 e. The molecule has 0 atom stereocenters. The van der Waals surface area contributed by atoms with E-state index >= 15 is 0 Å². The van der Waals surface area contributed by atoms with E-state index in [-0.39, 0.29) is 21.4 Å². The van der Waals surface area contributed by atoms with Crippen LogP contribution in [0.15, 0.2) is 65.6 Å². The first-order chi connectivity index (χ1) is 14.0. The third-order valence-corrected chi connectivity index (χ3v) is 6.31. The minimum Gasteiger partial charge on any atom is -0.506 e. The average molecular weight is 441 g/mol. The zero-order valence-corrected chi connectivity index (χ0v) is 18.3. The minimum absolute atomic E-state index is 0.0902. The van der Waals surface area contributed by atoms with Crippen LogP contribution < -0.4 is 4.72 Å². The highest BCUT2D eigenvalue weighted by Gasteiger charge is 2.28. The summed E-state index contributed by atoms with van der Waals surface area (Å²) in [6.07, 6.45) is 0. The van der Waals surface area contributed by atoms with Crippen LogP contribution in [-0.4, -0.2) is 13.5 Å². The number of rotatable bonds is 4. The number of aromatic hydroxyl groups is 1. The van der Waals surface area contributed by atoms with Crippen molar-refractivity contribution in [2.75, 3.05) is 4.72 Å². The van der Waals surface area contributed by atoms with Crippen LogP contribution in [0.2, 0.25) is 5.02 Å². The van der Waals surface area contributed by atoms with Gasteiger partial charge >= 0.3 is 0 Å². The van der Waals surface area contributed by atoms with Gasteiger partial charge in [-0.3, -0.25) is 4.72 Å². The van der Waals surface area contributed by atoms with Crippen LogP contribution in [-0.2, 0) is 15.4 Å². The molecule has 0 radical (unpaired) electrons. The Morgan fingerprint density at radius 1 is 1.00 bits per heavy atom. The van der Waals surface area contributed by atoms with Crippen molar-refractivity contribution in [2.24, 2.45) is 0 Å². The Morgan fingerprint density at radius 3 is 2.23 bits per heavy atom. The van der Waals surface area contributed by atoms with Gasteiger partial charge in [-0.15, -0.1) is 0 Å². The number of nitrogens with zero attached hydrogens (tertiary/aromatic N) is 1. The van der Waals surface area contributed by atoms with Gasteiger partial charge in [0.2, 0.25) is 0 Å². The fraction of sp³-hybridized carbons (Fsp3) is 0.174. The molecule has 3 aromatic rings. The maximum Gasteiger partial charge on any atom is 0.265 e. The Hall–Kier alpha value is -3.01. The van der Waals surface area contributed by atoms with Crippen molar-refractivity contribution < 1.29 is 13.5 Å². The summed E-state index contributed by atoms with van der Waals surface area (Å²) in [5, 5.41) is 19.9. The predicted octanol–water partition coefficient (Wildman–Crippen LogP) is 5.68. The zero-order chi connectivity index (χ0) is 22.1. The largest absolute Gasteiger partial charge is 0.506 e. The molecule has 0 saturated carbocycles. The second-order valence-corrected chi connectivity index (χ2v) is 9.96. The number of sulfonamides is 1. The number of benzene rings is 3. The molecule has 0 aliphatic rings. The van der Waals surface area contributed by atoms with Gasteiger partial charge < -0.3 is 5.11 Å². The second kappa shape index (κ2) is 8.02. The van der Waals surface area contributed by atoms with Crippen LogP contribution in [0.4, 0.5) is 5.69 Å². The molecule has 0 unspecified atom stereocenters. The van der Waals surface area contributed by atoms with E-state index in [9.17, 15) is 13.5 Å². The van der Waals surface area contributed by atoms with E-state index in [1.54, 1.807) is 6.07 Å². The van der Waals surface area contributed by atoms with Crippen molar-refractivity contribution in [1.82, 2.24) is 0 Å². The first-order valence-corrected chi connectivity index (χ1v) is 11.0. The fourth-order valence-corrected chi connectivity index (χ4v) is 4.56. The Balaban J connectivity index is 2.17. The lowest BCUT2D eigenvalue weighted by Crippen LogP contribution is -2.17. The molecule has 0 aromatic heterocycles. The summed E-state index contributed by atoms with van der Waals surface area (Å²) >= 11 is 6.13. The van der Waals surface area contributed by atoms with Crippen LogP contribution in [0.5, 0.6) is 5.75 Å². The molecule has 0 aliphatic heterocycles. The first-order valence-electron chi connectivity index (χ1n) is 9.18. The van der Waals surface area contributed by atoms with Gasteiger partial charge in [-0.25, -0.2) is 8.42 Å². The van der Waals surface area contributed by atoms with E-state index in [4.69, 9.17) is 16.9 Å². The molecule has 154 valence electrons. The number of nitrogens with one attached hydrogen (secondary N) is 1. The summed E-state index contributed by atoms with van der Waals surface area (Å²) in [5.41, 5.74) is 1.95. The van der Waals surface area contributed by atoms with Crippen molar-refractivity contribution >= 4 is 27.3 Å². The Bertz CT molecular complexity index is 1240. The molecule has 0 bridgehead atoms. The molecule has 3 rings (SSSR count). The maximum absolute atomic E-state index is 13.2. The van der Waals surface area contributed by atoms with Gasteiger partial charge in [-0.1, -0.05) is 62.7 Å². The lowest BCUT2D eigenvalue weighted by atomic mass is 9.84. The summed E-state index contributed by atoms with van der Waals surface area (Å²) < 4.78 is 28.8. The quantitative estimate of drug-likeness (QED) is 0.545. The van der Waals surface area contributed by atoms with E-state index in [1.165, 1.54) is 24.3 Å². The van der Waals surface area contributed by atoms with Crippen molar-refractivity contribution in [2.45, 2.75) is 31.1 Å². The van der Waals surface area contributed by atoms with Crippen molar-refractivity contribution in [3.8, 4) is 22.9 Å².